The van der Waals surface area contributed by atoms with Crippen LogP contribution in [0.4, 0.5) is 0 Å². The van der Waals surface area contributed by atoms with Gasteiger partial charge in [0.15, 0.2) is 6.61 Å². The molecule has 1 aliphatic heterocycles. The Morgan fingerprint density at radius 2 is 2.07 bits per heavy atom. The van der Waals surface area contributed by atoms with E-state index in [4.69, 9.17) is 9.47 Å². The number of thiophene rings is 1. The summed E-state index contributed by atoms with van der Waals surface area (Å²) in [7, 11) is 1.50. The third kappa shape index (κ3) is 4.51. The van der Waals surface area contributed by atoms with E-state index in [9.17, 15) is 14.4 Å². The summed E-state index contributed by atoms with van der Waals surface area (Å²) in [6, 6.07) is 9.39. The van der Waals surface area contributed by atoms with Gasteiger partial charge in [-0.05, 0) is 24.6 Å². The van der Waals surface area contributed by atoms with Gasteiger partial charge in [0.2, 0.25) is 5.91 Å². The van der Waals surface area contributed by atoms with Gasteiger partial charge in [-0.3, -0.25) is 9.59 Å². The summed E-state index contributed by atoms with van der Waals surface area (Å²) < 4.78 is 10.8. The largest absolute Gasteiger partial charge is 0.488 e. The summed E-state index contributed by atoms with van der Waals surface area (Å²) in [4.78, 5) is 38.8. The molecular weight excluding hydrogens is 380 g/mol. The molecule has 8 heteroatoms. The highest BCUT2D eigenvalue weighted by atomic mass is 32.1. The van der Waals surface area contributed by atoms with E-state index in [0.29, 0.717) is 18.0 Å². The highest BCUT2D eigenvalue weighted by Crippen LogP contribution is 2.42. The average Bonchev–Trinajstić information content (AvgIpc) is 3.15. The van der Waals surface area contributed by atoms with Crippen molar-refractivity contribution in [3.63, 3.8) is 0 Å². The third-order valence-corrected chi connectivity index (χ3v) is 5.42. The fourth-order valence-corrected chi connectivity index (χ4v) is 3.82. The van der Waals surface area contributed by atoms with Gasteiger partial charge in [-0.15, -0.1) is 11.3 Å². The quantitative estimate of drug-likeness (QED) is 0.719. The number of fused-ring (bicyclic) bond motifs is 3. The zero-order valence-corrected chi connectivity index (χ0v) is 16.6. The van der Waals surface area contributed by atoms with Crippen LogP contribution in [0.25, 0.3) is 10.4 Å². The molecule has 148 valence electrons. The van der Waals surface area contributed by atoms with Crippen molar-refractivity contribution in [1.29, 1.82) is 0 Å². The molecule has 7 nitrogen and oxygen atoms in total. The number of hydrogen-bond acceptors (Lipinski definition) is 6. The Hall–Kier alpha value is -2.87. The molecule has 0 saturated carbocycles. The molecule has 0 fully saturated rings. The number of amides is 2. The van der Waals surface area contributed by atoms with E-state index in [2.05, 4.69) is 5.32 Å². The number of benzene rings is 1. The Balaban J connectivity index is 1.57. The predicted octanol–water partition coefficient (Wildman–Crippen LogP) is 2.45. The lowest BCUT2D eigenvalue weighted by molar-refractivity contribution is -0.137. The Bertz CT molecular complexity index is 892. The summed E-state index contributed by atoms with van der Waals surface area (Å²) >= 11 is 1.32. The van der Waals surface area contributed by atoms with E-state index in [1.165, 1.54) is 23.3 Å². The molecule has 0 unspecified atom stereocenters. The molecule has 2 amide bonds. The van der Waals surface area contributed by atoms with Crippen LogP contribution in [0.2, 0.25) is 0 Å². The van der Waals surface area contributed by atoms with Gasteiger partial charge in [0, 0.05) is 29.6 Å². The fourth-order valence-electron chi connectivity index (χ4n) is 2.73. The zero-order chi connectivity index (χ0) is 20.1. The lowest BCUT2D eigenvalue weighted by atomic mass is 10.1. The first-order valence-corrected chi connectivity index (χ1v) is 9.84. The normalized spacial score (nSPS) is 11.6. The summed E-state index contributed by atoms with van der Waals surface area (Å²) in [5.74, 6) is -0.451. The van der Waals surface area contributed by atoms with Crippen LogP contribution < -0.4 is 10.1 Å². The molecule has 3 rings (SSSR count). The van der Waals surface area contributed by atoms with E-state index >= 15 is 0 Å². The van der Waals surface area contributed by atoms with Crippen molar-refractivity contribution in [2.24, 2.45) is 0 Å². The van der Waals surface area contributed by atoms with E-state index in [0.717, 1.165) is 28.2 Å². The molecule has 0 spiro atoms. The number of carbonyl (C=O) groups excluding carboxylic acids is 3. The van der Waals surface area contributed by atoms with Crippen LogP contribution in [0.5, 0.6) is 5.75 Å². The second kappa shape index (κ2) is 8.88. The first kappa shape index (κ1) is 19.9. The average molecular weight is 402 g/mol. The Morgan fingerprint density at radius 1 is 1.29 bits per heavy atom. The van der Waals surface area contributed by atoms with Gasteiger partial charge in [0.25, 0.3) is 5.91 Å². The van der Waals surface area contributed by atoms with E-state index < -0.39 is 18.5 Å². The number of esters is 1. The standard InChI is InChI=1S/C20H22N2O5S/c1-3-8-21-17(23)10-22(2)18(24)12-27-20(25)16-9-13-11-26-15-7-5-4-6-14(15)19(13)28-16/h4-7,9H,3,8,10-12H2,1-2H3,(H,21,23). The molecular formula is C20H22N2O5S. The maximum absolute atomic E-state index is 12.4. The van der Waals surface area contributed by atoms with Crippen molar-refractivity contribution in [3.8, 4) is 16.2 Å². The second-order valence-corrected chi connectivity index (χ2v) is 7.48. The van der Waals surface area contributed by atoms with E-state index in [1.807, 2.05) is 31.2 Å². The number of likely N-dealkylation sites (N-methyl/N-ethyl adjacent to an activating group) is 1. The molecule has 0 radical (unpaired) electrons. The van der Waals surface area contributed by atoms with Gasteiger partial charge < -0.3 is 19.7 Å². The minimum absolute atomic E-state index is 0.0716. The van der Waals surface area contributed by atoms with Gasteiger partial charge in [-0.25, -0.2) is 4.79 Å². The molecule has 1 N–H and O–H groups in total. The smallest absolute Gasteiger partial charge is 0.348 e. The Labute approximate surface area is 167 Å². The maximum Gasteiger partial charge on any atom is 0.348 e. The molecule has 0 aliphatic carbocycles. The van der Waals surface area contributed by atoms with Crippen molar-refractivity contribution in [1.82, 2.24) is 10.2 Å². The van der Waals surface area contributed by atoms with Gasteiger partial charge in [-0.1, -0.05) is 19.1 Å². The number of para-hydroxylation sites is 1. The molecule has 2 aromatic rings. The second-order valence-electron chi connectivity index (χ2n) is 6.43. The number of rotatable bonds is 7. The number of nitrogens with zero attached hydrogens (tertiary/aromatic N) is 1. The minimum atomic E-state index is -0.561. The van der Waals surface area contributed by atoms with Gasteiger partial charge in [-0.2, -0.15) is 0 Å². The molecule has 2 heterocycles. The number of ether oxygens (including phenoxy) is 2. The number of carbonyl (C=O) groups is 3. The molecule has 1 aromatic heterocycles. The first-order valence-electron chi connectivity index (χ1n) is 9.02. The lowest BCUT2D eigenvalue weighted by Crippen LogP contribution is -2.40. The monoisotopic (exact) mass is 402 g/mol. The third-order valence-electron chi connectivity index (χ3n) is 4.23. The summed E-state index contributed by atoms with van der Waals surface area (Å²) in [5.41, 5.74) is 1.87. The number of hydrogen-bond donors (Lipinski definition) is 1. The van der Waals surface area contributed by atoms with Gasteiger partial charge in [0.05, 0.1) is 6.54 Å². The van der Waals surface area contributed by atoms with Crippen LogP contribution in [-0.2, 0) is 20.9 Å². The Kier molecular flexibility index (Phi) is 6.30. The molecule has 0 atom stereocenters. The van der Waals surface area contributed by atoms with E-state index in [1.54, 1.807) is 6.07 Å². The molecule has 1 aliphatic rings. The number of nitrogens with one attached hydrogen (secondary N) is 1. The molecule has 1 aromatic carbocycles. The van der Waals surface area contributed by atoms with Crippen LogP contribution in [0.15, 0.2) is 30.3 Å². The Morgan fingerprint density at radius 3 is 2.86 bits per heavy atom. The van der Waals surface area contributed by atoms with Crippen LogP contribution in [-0.4, -0.2) is 49.4 Å². The fraction of sp³-hybridized carbons (Fsp3) is 0.350. The highest BCUT2D eigenvalue weighted by Gasteiger charge is 2.24. The predicted molar refractivity (Wildman–Crippen MR) is 105 cm³/mol. The first-order chi connectivity index (χ1) is 13.5. The molecule has 28 heavy (non-hydrogen) atoms. The van der Waals surface area contributed by atoms with Crippen LogP contribution in [0.3, 0.4) is 0 Å². The van der Waals surface area contributed by atoms with Crippen LogP contribution >= 0.6 is 11.3 Å². The maximum atomic E-state index is 12.4. The van der Waals surface area contributed by atoms with Crippen molar-refractivity contribution in [3.05, 3.63) is 40.8 Å². The van der Waals surface area contributed by atoms with Crippen molar-refractivity contribution in [2.45, 2.75) is 20.0 Å². The zero-order valence-electron chi connectivity index (χ0n) is 15.8. The van der Waals surface area contributed by atoms with Gasteiger partial charge in [0.1, 0.15) is 17.2 Å². The summed E-state index contributed by atoms with van der Waals surface area (Å²) in [6.45, 7) is 2.42. The lowest BCUT2D eigenvalue weighted by Gasteiger charge is -2.16. The summed E-state index contributed by atoms with van der Waals surface area (Å²) in [5, 5.41) is 2.69. The molecule has 0 bridgehead atoms. The van der Waals surface area contributed by atoms with Crippen molar-refractivity contribution < 1.29 is 23.9 Å². The molecule has 0 saturated heterocycles. The van der Waals surface area contributed by atoms with E-state index in [-0.39, 0.29) is 12.5 Å². The van der Waals surface area contributed by atoms with Gasteiger partial charge >= 0.3 is 5.97 Å². The van der Waals surface area contributed by atoms with Crippen molar-refractivity contribution >= 4 is 29.1 Å². The van der Waals surface area contributed by atoms with Crippen molar-refractivity contribution in [2.75, 3.05) is 26.7 Å². The SMILES string of the molecule is CCCNC(=O)CN(C)C(=O)COC(=O)c1cc2c(s1)-c1ccccc1OC2. The van der Waals surface area contributed by atoms with Crippen LogP contribution in [0.1, 0.15) is 28.6 Å². The van der Waals surface area contributed by atoms with Crippen LogP contribution in [0, 0.1) is 0 Å². The highest BCUT2D eigenvalue weighted by molar-refractivity contribution is 7.17. The minimum Gasteiger partial charge on any atom is -0.488 e. The topological polar surface area (TPSA) is 84.9 Å². The summed E-state index contributed by atoms with van der Waals surface area (Å²) in [6.07, 6.45) is 0.821.